The van der Waals surface area contributed by atoms with E-state index in [4.69, 9.17) is 31.0 Å². The largest absolute Gasteiger partial charge is 0.445 e. The summed E-state index contributed by atoms with van der Waals surface area (Å²) >= 11 is 5.85. The van der Waals surface area contributed by atoms with E-state index in [2.05, 4.69) is 37.6 Å². The Morgan fingerprint density at radius 2 is 1.41 bits per heavy atom. The molecule has 9 rings (SSSR count). The summed E-state index contributed by atoms with van der Waals surface area (Å²) in [7, 11) is -2.14. The predicted molar refractivity (Wildman–Crippen MR) is 195 cm³/mol. The lowest BCUT2D eigenvalue weighted by molar-refractivity contribution is 0.265. The molecule has 13 nitrogen and oxygen atoms in total. The Bertz CT molecular complexity index is 2000. The molecular formula is C35H41ClN8O5S2. The van der Waals surface area contributed by atoms with E-state index in [0.29, 0.717) is 46.8 Å². The van der Waals surface area contributed by atoms with E-state index in [1.165, 1.54) is 0 Å². The molecule has 5 aliphatic rings. The van der Waals surface area contributed by atoms with E-state index < -0.39 is 21.6 Å². The highest BCUT2D eigenvalue weighted by molar-refractivity contribution is 7.85. The predicted octanol–water partition coefficient (Wildman–Crippen LogP) is 4.16. The molecule has 2 saturated carbocycles. The number of aryl methyl sites for hydroxylation is 3. The van der Waals surface area contributed by atoms with Gasteiger partial charge in [-0.25, -0.2) is 15.0 Å². The smallest absolute Gasteiger partial charge is 0.227 e. The molecule has 4 aromatic rings. The molecule has 2 aliphatic carbocycles. The van der Waals surface area contributed by atoms with E-state index in [0.717, 1.165) is 90.8 Å². The van der Waals surface area contributed by atoms with Crippen LogP contribution >= 0.6 is 11.6 Å². The lowest BCUT2D eigenvalue weighted by Gasteiger charge is -2.31. The van der Waals surface area contributed by atoms with Crippen molar-refractivity contribution < 1.29 is 23.0 Å². The van der Waals surface area contributed by atoms with Crippen molar-refractivity contribution >= 4 is 50.8 Å². The van der Waals surface area contributed by atoms with E-state index in [-0.39, 0.29) is 35.5 Å². The summed E-state index contributed by atoms with van der Waals surface area (Å²) in [6.45, 7) is 3.69. The highest BCUT2D eigenvalue weighted by atomic mass is 35.5. The van der Waals surface area contributed by atoms with Gasteiger partial charge in [0.05, 0.1) is 57.3 Å². The molecule has 4 N–H and O–H groups in total. The molecule has 3 aromatic heterocycles. The Kier molecular flexibility index (Phi) is 9.36. The number of halogens is 1. The molecule has 1 saturated heterocycles. The SMILES string of the molecule is Cc1oc(C2CCN(c3nc4c(c(NC5(CO)CC5)n3)S(=O)CC4)CC2)nc1-c1ccccc1.O=S1CCc2nc(Cl)nc(NC3(CO)CC3)c21. The van der Waals surface area contributed by atoms with Gasteiger partial charge in [0.2, 0.25) is 11.2 Å². The molecule has 0 spiro atoms. The van der Waals surface area contributed by atoms with Crippen LogP contribution < -0.4 is 15.5 Å². The average Bonchev–Trinajstić information content (AvgIpc) is 3.97. The molecule has 0 amide bonds. The number of aliphatic hydroxyl groups is 2. The van der Waals surface area contributed by atoms with Gasteiger partial charge in [0.25, 0.3) is 0 Å². The van der Waals surface area contributed by atoms with Gasteiger partial charge in [-0.15, -0.1) is 0 Å². The standard InChI is InChI=1S/C25H29N5O3S.C10H12ClN3O2S/c1-16-20(17-5-3-2-4-6-17)27-23(33-16)18-7-12-30(13-8-18)24-26-19-9-14-34(32)21(19)22(28-24)29-25(15-31)10-11-25;11-9-12-6-1-4-17(16)7(6)8(13-9)14-10(5-15)2-3-10/h2-6,18,31H,7-15H2,1H3,(H,26,28,29);15H,1-5H2,(H,12,13,14). The first-order chi connectivity index (χ1) is 24.7. The van der Waals surface area contributed by atoms with Crippen LogP contribution in [0, 0.1) is 6.92 Å². The summed E-state index contributed by atoms with van der Waals surface area (Å²) in [6, 6.07) is 10.2. The lowest BCUT2D eigenvalue weighted by Crippen LogP contribution is -2.35. The van der Waals surface area contributed by atoms with Gasteiger partial charge in [0.15, 0.2) is 5.89 Å². The number of hydrogen-bond donors (Lipinski definition) is 4. The first-order valence-electron chi connectivity index (χ1n) is 17.5. The number of aliphatic hydroxyl groups excluding tert-OH is 2. The average molecular weight is 753 g/mol. The number of hydrogen-bond acceptors (Lipinski definition) is 13. The second-order valence-electron chi connectivity index (χ2n) is 14.1. The first-order valence-corrected chi connectivity index (χ1v) is 20.5. The summed E-state index contributed by atoms with van der Waals surface area (Å²) in [5.74, 6) is 4.93. The number of rotatable bonds is 9. The molecule has 16 heteroatoms. The minimum atomic E-state index is -1.09. The van der Waals surface area contributed by atoms with Crippen LogP contribution in [-0.2, 0) is 34.4 Å². The van der Waals surface area contributed by atoms with Crippen LogP contribution in [0.2, 0.25) is 5.28 Å². The Labute approximate surface area is 306 Å². The maximum absolute atomic E-state index is 12.6. The summed E-state index contributed by atoms with van der Waals surface area (Å²) < 4.78 is 30.6. The number of anilines is 3. The minimum absolute atomic E-state index is 0.0516. The third-order valence-corrected chi connectivity index (χ3v) is 13.5. The van der Waals surface area contributed by atoms with Crippen molar-refractivity contribution in [3.05, 3.63) is 58.7 Å². The third kappa shape index (κ3) is 7.02. The van der Waals surface area contributed by atoms with Crippen molar-refractivity contribution in [2.24, 2.45) is 0 Å². The van der Waals surface area contributed by atoms with Gasteiger partial charge < -0.3 is 30.2 Å². The maximum Gasteiger partial charge on any atom is 0.227 e. The number of piperidine rings is 1. The monoisotopic (exact) mass is 752 g/mol. The quantitative estimate of drug-likeness (QED) is 0.179. The van der Waals surface area contributed by atoms with Gasteiger partial charge in [-0.1, -0.05) is 30.3 Å². The minimum Gasteiger partial charge on any atom is -0.445 e. The lowest BCUT2D eigenvalue weighted by atomic mass is 9.97. The summed E-state index contributed by atoms with van der Waals surface area (Å²) in [5, 5.41) is 25.8. The zero-order chi connectivity index (χ0) is 35.3. The number of oxazole rings is 1. The van der Waals surface area contributed by atoms with Crippen molar-refractivity contribution in [1.82, 2.24) is 24.9 Å². The van der Waals surface area contributed by atoms with Crippen LogP contribution in [0.1, 0.15) is 67.5 Å². The van der Waals surface area contributed by atoms with Gasteiger partial charge >= 0.3 is 0 Å². The number of aromatic nitrogens is 5. The van der Waals surface area contributed by atoms with Crippen molar-refractivity contribution in [2.75, 3.05) is 53.3 Å². The molecule has 2 unspecified atom stereocenters. The molecule has 2 atom stereocenters. The van der Waals surface area contributed by atoms with Crippen LogP contribution in [0.25, 0.3) is 11.3 Å². The van der Waals surface area contributed by atoms with Crippen LogP contribution in [-0.4, -0.2) is 92.4 Å². The Hall–Kier alpha value is -3.50. The number of fused-ring (bicyclic) bond motifs is 2. The van der Waals surface area contributed by atoms with Gasteiger partial charge in [0.1, 0.15) is 32.9 Å². The zero-order valence-electron chi connectivity index (χ0n) is 28.4. The topological polar surface area (TPSA) is 179 Å². The number of benzene rings is 1. The van der Waals surface area contributed by atoms with Gasteiger partial charge in [-0.2, -0.15) is 9.97 Å². The second kappa shape index (κ2) is 13.8. The summed E-state index contributed by atoms with van der Waals surface area (Å²) in [4.78, 5) is 26.2. The first kappa shape index (κ1) is 34.6. The van der Waals surface area contributed by atoms with Gasteiger partial charge in [-0.05, 0) is 57.0 Å². The van der Waals surface area contributed by atoms with Crippen LogP contribution in [0.5, 0.6) is 0 Å². The van der Waals surface area contributed by atoms with E-state index in [9.17, 15) is 18.6 Å². The molecular weight excluding hydrogens is 712 g/mol. The highest BCUT2D eigenvalue weighted by Gasteiger charge is 2.45. The Morgan fingerprint density at radius 3 is 1.98 bits per heavy atom. The molecule has 6 heterocycles. The fourth-order valence-electron chi connectivity index (χ4n) is 6.89. The zero-order valence-corrected chi connectivity index (χ0v) is 30.7. The number of nitrogens with one attached hydrogen (secondary N) is 2. The van der Waals surface area contributed by atoms with Crippen molar-refractivity contribution in [3.8, 4) is 11.3 Å². The fraction of sp³-hybridized carbons (Fsp3) is 0.514. The fourth-order valence-corrected chi connectivity index (χ4v) is 9.69. The van der Waals surface area contributed by atoms with E-state index in [1.54, 1.807) is 0 Å². The van der Waals surface area contributed by atoms with Crippen molar-refractivity contribution in [1.29, 1.82) is 0 Å². The Balaban J connectivity index is 0.000000184. The van der Waals surface area contributed by atoms with Gasteiger partial charge in [0, 0.05) is 48.9 Å². The maximum atomic E-state index is 12.6. The van der Waals surface area contributed by atoms with Crippen LogP contribution in [0.15, 0.2) is 44.5 Å². The third-order valence-electron chi connectivity index (χ3n) is 10.4. The molecule has 3 aliphatic heterocycles. The van der Waals surface area contributed by atoms with Crippen LogP contribution in [0.4, 0.5) is 17.6 Å². The molecule has 3 fully saturated rings. The number of nitrogens with zero attached hydrogens (tertiary/aromatic N) is 6. The van der Waals surface area contributed by atoms with Crippen molar-refractivity contribution in [2.45, 2.75) is 85.1 Å². The van der Waals surface area contributed by atoms with Gasteiger partial charge in [-0.3, -0.25) is 8.42 Å². The second-order valence-corrected chi connectivity index (χ2v) is 17.4. The Morgan fingerprint density at radius 1 is 0.843 bits per heavy atom. The molecule has 0 bridgehead atoms. The normalized spacial score (nSPS) is 22.5. The highest BCUT2D eigenvalue weighted by Crippen LogP contribution is 2.42. The summed E-state index contributed by atoms with van der Waals surface area (Å²) in [6.07, 6.45) is 6.77. The molecule has 270 valence electrons. The summed E-state index contributed by atoms with van der Waals surface area (Å²) in [5.41, 5.74) is 3.02. The molecule has 0 radical (unpaired) electrons. The van der Waals surface area contributed by atoms with Crippen LogP contribution in [0.3, 0.4) is 0 Å². The molecule has 51 heavy (non-hydrogen) atoms. The van der Waals surface area contributed by atoms with Crippen molar-refractivity contribution in [3.63, 3.8) is 0 Å². The van der Waals surface area contributed by atoms with E-state index in [1.807, 2.05) is 25.1 Å². The van der Waals surface area contributed by atoms with E-state index >= 15 is 0 Å². The molecule has 1 aromatic carbocycles.